The predicted molar refractivity (Wildman–Crippen MR) is 86.7 cm³/mol. The molecule has 2 atom stereocenters. The largest absolute Gasteiger partial charge is 0.381 e. The number of anilines is 1. The molecule has 1 saturated heterocycles. The first-order chi connectivity index (χ1) is 10.5. The third-order valence-corrected chi connectivity index (χ3v) is 3.89. The summed E-state index contributed by atoms with van der Waals surface area (Å²) in [6.07, 6.45) is 1.76. The van der Waals surface area contributed by atoms with E-state index in [2.05, 4.69) is 5.32 Å². The fourth-order valence-electron chi connectivity index (χ4n) is 2.74. The number of halogens is 3. The molecule has 2 rings (SSSR count). The maximum atomic E-state index is 13.1. The zero-order valence-corrected chi connectivity index (χ0v) is 13.7. The van der Waals surface area contributed by atoms with Gasteiger partial charge in [-0.25, -0.2) is 8.78 Å². The smallest absolute Gasteiger partial charge is 0.238 e. The van der Waals surface area contributed by atoms with E-state index >= 15 is 0 Å². The Balaban J connectivity index is 0.00000264. The molecule has 1 aliphatic rings. The van der Waals surface area contributed by atoms with E-state index in [9.17, 15) is 13.6 Å². The van der Waals surface area contributed by atoms with E-state index in [0.29, 0.717) is 13.1 Å². The van der Waals surface area contributed by atoms with Crippen LogP contribution in [0.15, 0.2) is 18.2 Å². The quantitative estimate of drug-likeness (QED) is 0.850. The number of nitrogens with two attached hydrogens (primary N) is 1. The Labute approximate surface area is 140 Å². The summed E-state index contributed by atoms with van der Waals surface area (Å²) in [6, 6.07) is 2.99. The summed E-state index contributed by atoms with van der Waals surface area (Å²) in [4.78, 5) is 14.0. The van der Waals surface area contributed by atoms with E-state index < -0.39 is 11.6 Å². The minimum Gasteiger partial charge on any atom is -0.381 e. The number of hydrogen-bond acceptors (Lipinski definition) is 4. The van der Waals surface area contributed by atoms with Crippen LogP contribution in [0, 0.1) is 11.6 Å². The highest BCUT2D eigenvalue weighted by Gasteiger charge is 2.28. The minimum atomic E-state index is -0.726. The molecule has 0 radical (unpaired) electrons. The van der Waals surface area contributed by atoms with Gasteiger partial charge in [0.25, 0.3) is 0 Å². The molecule has 0 aliphatic carbocycles. The van der Waals surface area contributed by atoms with Gasteiger partial charge in [-0.2, -0.15) is 0 Å². The van der Waals surface area contributed by atoms with E-state index in [1.54, 1.807) is 7.11 Å². The summed E-state index contributed by atoms with van der Waals surface area (Å²) >= 11 is 0. The lowest BCUT2D eigenvalue weighted by Crippen LogP contribution is -2.50. The second-order valence-electron chi connectivity index (χ2n) is 5.45. The lowest BCUT2D eigenvalue weighted by molar-refractivity contribution is -0.118. The van der Waals surface area contributed by atoms with Crippen LogP contribution in [0.3, 0.4) is 0 Å². The van der Waals surface area contributed by atoms with Gasteiger partial charge in [-0.05, 0) is 25.0 Å². The maximum Gasteiger partial charge on any atom is 0.238 e. The molecule has 0 spiro atoms. The molecule has 1 aliphatic heterocycles. The first-order valence-electron chi connectivity index (χ1n) is 7.24. The van der Waals surface area contributed by atoms with Gasteiger partial charge in [0, 0.05) is 38.0 Å². The van der Waals surface area contributed by atoms with Crippen LogP contribution < -0.4 is 11.1 Å². The Hall–Kier alpha value is -1.28. The number of benzene rings is 1. The van der Waals surface area contributed by atoms with E-state index in [1.807, 2.05) is 4.90 Å². The zero-order chi connectivity index (χ0) is 16.1. The van der Waals surface area contributed by atoms with Gasteiger partial charge >= 0.3 is 0 Å². The summed E-state index contributed by atoms with van der Waals surface area (Å²) in [5.41, 5.74) is 5.86. The molecule has 0 bridgehead atoms. The number of amides is 1. The van der Waals surface area contributed by atoms with E-state index in [4.69, 9.17) is 10.5 Å². The van der Waals surface area contributed by atoms with Crippen LogP contribution in [0.25, 0.3) is 0 Å². The van der Waals surface area contributed by atoms with Gasteiger partial charge in [0.2, 0.25) is 5.91 Å². The van der Waals surface area contributed by atoms with Crippen molar-refractivity contribution in [2.24, 2.45) is 5.73 Å². The molecular weight excluding hydrogens is 328 g/mol. The highest BCUT2D eigenvalue weighted by molar-refractivity contribution is 5.92. The molecule has 0 saturated carbocycles. The minimum absolute atomic E-state index is 0. The van der Waals surface area contributed by atoms with E-state index in [1.165, 1.54) is 0 Å². The van der Waals surface area contributed by atoms with Crippen molar-refractivity contribution in [1.82, 2.24) is 4.90 Å². The normalized spacial score (nSPS) is 21.6. The summed E-state index contributed by atoms with van der Waals surface area (Å²) in [5, 5.41) is 2.51. The Morgan fingerprint density at radius 2 is 2.04 bits per heavy atom. The van der Waals surface area contributed by atoms with Crippen molar-refractivity contribution in [3.05, 3.63) is 29.8 Å². The van der Waals surface area contributed by atoms with Gasteiger partial charge in [0.1, 0.15) is 11.6 Å². The highest BCUT2D eigenvalue weighted by atomic mass is 35.5. The maximum absolute atomic E-state index is 13.1. The molecule has 1 heterocycles. The fourth-order valence-corrected chi connectivity index (χ4v) is 2.74. The second-order valence-corrected chi connectivity index (χ2v) is 5.45. The van der Waals surface area contributed by atoms with Crippen molar-refractivity contribution in [2.75, 3.05) is 32.1 Å². The highest BCUT2D eigenvalue weighted by Crippen LogP contribution is 2.19. The third kappa shape index (κ3) is 5.69. The molecule has 23 heavy (non-hydrogen) atoms. The number of hydrogen-bond donors (Lipinski definition) is 2. The predicted octanol–water partition coefficient (Wildman–Crippen LogP) is 1.76. The van der Waals surface area contributed by atoms with Gasteiger partial charge in [-0.15, -0.1) is 12.4 Å². The summed E-state index contributed by atoms with van der Waals surface area (Å²) in [6.45, 7) is 1.27. The monoisotopic (exact) mass is 349 g/mol. The Bertz CT molecular complexity index is 513. The molecular formula is C15H22ClF2N3O2. The van der Waals surface area contributed by atoms with Crippen LogP contribution in [0.1, 0.15) is 12.8 Å². The van der Waals surface area contributed by atoms with Crippen LogP contribution in [-0.4, -0.2) is 49.7 Å². The molecule has 1 amide bonds. The van der Waals surface area contributed by atoms with Crippen LogP contribution in [-0.2, 0) is 9.53 Å². The zero-order valence-electron chi connectivity index (χ0n) is 12.9. The molecule has 130 valence electrons. The van der Waals surface area contributed by atoms with Crippen molar-refractivity contribution in [1.29, 1.82) is 0 Å². The van der Waals surface area contributed by atoms with Gasteiger partial charge in [-0.1, -0.05) is 0 Å². The van der Waals surface area contributed by atoms with Crippen molar-refractivity contribution in [2.45, 2.75) is 25.0 Å². The Morgan fingerprint density at radius 1 is 1.39 bits per heavy atom. The van der Waals surface area contributed by atoms with Crippen molar-refractivity contribution in [3.8, 4) is 0 Å². The number of carbonyl (C=O) groups is 1. The number of likely N-dealkylation sites (tertiary alicyclic amines) is 1. The summed E-state index contributed by atoms with van der Waals surface area (Å²) in [7, 11) is 1.67. The van der Waals surface area contributed by atoms with E-state index in [-0.39, 0.29) is 42.7 Å². The first kappa shape index (κ1) is 19.8. The molecule has 3 N–H and O–H groups in total. The van der Waals surface area contributed by atoms with Gasteiger partial charge in [0.05, 0.1) is 12.6 Å². The topological polar surface area (TPSA) is 67.6 Å². The van der Waals surface area contributed by atoms with Gasteiger partial charge in [0.15, 0.2) is 0 Å². The van der Waals surface area contributed by atoms with Crippen LogP contribution >= 0.6 is 12.4 Å². The molecule has 1 fully saturated rings. The fraction of sp³-hybridized carbons (Fsp3) is 0.533. The molecule has 5 nitrogen and oxygen atoms in total. The lowest BCUT2D eigenvalue weighted by Gasteiger charge is -2.37. The molecule has 1 aromatic rings. The van der Waals surface area contributed by atoms with Gasteiger partial charge in [-0.3, -0.25) is 9.69 Å². The number of ether oxygens (including phenoxy) is 1. The Kier molecular flexibility index (Phi) is 7.84. The third-order valence-electron chi connectivity index (χ3n) is 3.89. The number of carbonyl (C=O) groups excluding carboxylic acids is 1. The molecule has 2 unspecified atom stereocenters. The molecule has 8 heteroatoms. The average Bonchev–Trinajstić information content (AvgIpc) is 2.46. The van der Waals surface area contributed by atoms with Crippen molar-refractivity contribution in [3.63, 3.8) is 0 Å². The number of piperidine rings is 1. The van der Waals surface area contributed by atoms with Crippen molar-refractivity contribution >= 4 is 24.0 Å². The van der Waals surface area contributed by atoms with Gasteiger partial charge < -0.3 is 15.8 Å². The van der Waals surface area contributed by atoms with E-state index in [0.717, 1.165) is 31.0 Å². The van der Waals surface area contributed by atoms with Crippen molar-refractivity contribution < 1.29 is 18.3 Å². The number of methoxy groups -OCH3 is 1. The summed E-state index contributed by atoms with van der Waals surface area (Å²) < 4.78 is 31.5. The van der Waals surface area contributed by atoms with Crippen LogP contribution in [0.2, 0.25) is 0 Å². The summed E-state index contributed by atoms with van der Waals surface area (Å²) in [5.74, 6) is -1.77. The Morgan fingerprint density at radius 3 is 2.61 bits per heavy atom. The molecule has 0 aromatic heterocycles. The standard InChI is InChI=1S/C15H21F2N3O2.ClH/c1-22-14-2-3-20(13(7-14)8-18)9-15(21)19-12-5-10(16)4-11(17)6-12;/h4-6,13-14H,2-3,7-9,18H2,1H3,(H,19,21);1H. The second kappa shape index (κ2) is 9.12. The number of nitrogens with zero attached hydrogens (tertiary/aromatic N) is 1. The average molecular weight is 350 g/mol. The number of rotatable bonds is 5. The SMILES string of the molecule is COC1CCN(CC(=O)Nc2cc(F)cc(F)c2)C(CN)C1.Cl. The lowest BCUT2D eigenvalue weighted by atomic mass is 9.99. The van der Waals surface area contributed by atoms with Crippen LogP contribution in [0.5, 0.6) is 0 Å². The molecule has 1 aromatic carbocycles. The number of nitrogens with one attached hydrogen (secondary N) is 1. The first-order valence-corrected chi connectivity index (χ1v) is 7.24. The van der Waals surface area contributed by atoms with Crippen LogP contribution in [0.4, 0.5) is 14.5 Å².